The first-order valence-electron chi connectivity index (χ1n) is 6.63. The summed E-state index contributed by atoms with van der Waals surface area (Å²) in [5.74, 6) is -2.55. The zero-order valence-corrected chi connectivity index (χ0v) is 12.7. The smallest absolute Gasteiger partial charge is 0.474 e. The zero-order chi connectivity index (χ0) is 16.6. The Balaban J connectivity index is 1.87. The summed E-state index contributed by atoms with van der Waals surface area (Å²) in [5, 5.41) is 9.11. The lowest BCUT2D eigenvalue weighted by Crippen LogP contribution is -2.34. The molecule has 1 N–H and O–H groups in total. The lowest BCUT2D eigenvalue weighted by Gasteiger charge is -2.13. The summed E-state index contributed by atoms with van der Waals surface area (Å²) in [6, 6.07) is 11.6. The summed E-state index contributed by atoms with van der Waals surface area (Å²) in [6.45, 7) is 1.99. The highest BCUT2D eigenvalue weighted by atomic mass is 32.1. The normalized spacial score (nSPS) is 11.6. The van der Waals surface area contributed by atoms with E-state index in [-0.39, 0.29) is 5.75 Å². The summed E-state index contributed by atoms with van der Waals surface area (Å²) >= 11 is 1.49. The third-order valence-electron chi connectivity index (χ3n) is 3.14. The molecule has 3 rings (SSSR count). The lowest BCUT2D eigenvalue weighted by molar-refractivity contribution is -0.210. The van der Waals surface area contributed by atoms with Gasteiger partial charge >= 0.3 is 12.1 Å². The summed E-state index contributed by atoms with van der Waals surface area (Å²) in [4.78, 5) is 14.8. The van der Waals surface area contributed by atoms with Crippen molar-refractivity contribution in [3.8, 4) is 16.3 Å². The van der Waals surface area contributed by atoms with E-state index in [1.165, 1.54) is 23.5 Å². The summed E-state index contributed by atoms with van der Waals surface area (Å²) in [5.41, 5.74) is 2.75. The monoisotopic (exact) mass is 335 g/mol. The van der Waals surface area contributed by atoms with Crippen LogP contribution in [0.4, 0.5) is 8.78 Å². The average Bonchev–Trinajstić information content (AvgIpc) is 2.90. The number of hydrogen-bond donors (Lipinski definition) is 1. The molecule has 0 saturated heterocycles. The van der Waals surface area contributed by atoms with Crippen LogP contribution in [0.1, 0.15) is 5.56 Å². The van der Waals surface area contributed by atoms with Crippen molar-refractivity contribution < 1.29 is 23.4 Å². The van der Waals surface area contributed by atoms with Gasteiger partial charge in [-0.05, 0) is 48.9 Å². The summed E-state index contributed by atoms with van der Waals surface area (Å²) in [6.07, 6.45) is -4.26. The molecular formula is C16H11F2NO3S. The van der Waals surface area contributed by atoms with Gasteiger partial charge in [-0.15, -0.1) is 11.3 Å². The molecule has 23 heavy (non-hydrogen) atoms. The fourth-order valence-electron chi connectivity index (χ4n) is 2.01. The van der Waals surface area contributed by atoms with Crippen molar-refractivity contribution in [2.24, 2.45) is 0 Å². The van der Waals surface area contributed by atoms with E-state index in [0.29, 0.717) is 0 Å². The quantitative estimate of drug-likeness (QED) is 0.771. The van der Waals surface area contributed by atoms with Gasteiger partial charge in [-0.3, -0.25) is 0 Å². The van der Waals surface area contributed by atoms with Gasteiger partial charge in [-0.1, -0.05) is 6.07 Å². The maximum Gasteiger partial charge on any atom is 0.501 e. The van der Waals surface area contributed by atoms with Gasteiger partial charge in [0.1, 0.15) is 10.8 Å². The number of rotatable bonds is 4. The number of aliphatic carboxylic acids is 1. The number of carbonyl (C=O) groups is 1. The Morgan fingerprint density at radius 3 is 2.57 bits per heavy atom. The van der Waals surface area contributed by atoms with Crippen LogP contribution in [0.2, 0.25) is 0 Å². The number of carboxylic acid groups (broad SMARTS) is 1. The van der Waals surface area contributed by atoms with Crippen LogP contribution < -0.4 is 4.74 Å². The van der Waals surface area contributed by atoms with Crippen LogP contribution in [0.3, 0.4) is 0 Å². The van der Waals surface area contributed by atoms with Crippen LogP contribution in [0.15, 0.2) is 42.5 Å². The fraction of sp³-hybridized carbons (Fsp3) is 0.125. The Labute approximate surface area is 134 Å². The number of thiazole rings is 1. The molecular weight excluding hydrogens is 324 g/mol. The van der Waals surface area contributed by atoms with Gasteiger partial charge in [-0.25, -0.2) is 9.78 Å². The molecule has 0 radical (unpaired) electrons. The van der Waals surface area contributed by atoms with Crippen molar-refractivity contribution in [2.75, 3.05) is 0 Å². The molecule has 2 aromatic carbocycles. The number of nitrogens with zero attached hydrogens (tertiary/aromatic N) is 1. The van der Waals surface area contributed by atoms with Crippen LogP contribution in [0.25, 0.3) is 20.8 Å². The second kappa shape index (κ2) is 5.58. The van der Waals surface area contributed by atoms with E-state index in [1.54, 1.807) is 12.1 Å². The minimum absolute atomic E-state index is 0.224. The number of aryl methyl sites for hydroxylation is 1. The number of carboxylic acids is 1. The van der Waals surface area contributed by atoms with Crippen LogP contribution >= 0.6 is 11.3 Å². The largest absolute Gasteiger partial charge is 0.501 e. The molecule has 0 fully saturated rings. The van der Waals surface area contributed by atoms with Crippen LogP contribution in [0, 0.1) is 6.92 Å². The van der Waals surface area contributed by atoms with E-state index in [0.717, 1.165) is 26.4 Å². The average molecular weight is 335 g/mol. The molecule has 0 spiro atoms. The van der Waals surface area contributed by atoms with Crippen molar-refractivity contribution in [2.45, 2.75) is 13.0 Å². The molecule has 4 nitrogen and oxygen atoms in total. The van der Waals surface area contributed by atoms with Crippen LogP contribution in [0.5, 0.6) is 5.75 Å². The van der Waals surface area contributed by atoms with E-state index in [4.69, 9.17) is 5.11 Å². The summed E-state index contributed by atoms with van der Waals surface area (Å²) in [7, 11) is 0. The van der Waals surface area contributed by atoms with E-state index < -0.39 is 12.1 Å². The van der Waals surface area contributed by atoms with Crippen molar-refractivity contribution >= 4 is 27.5 Å². The van der Waals surface area contributed by atoms with E-state index in [9.17, 15) is 13.6 Å². The number of aromatic nitrogens is 1. The minimum atomic E-state index is -4.26. The Kier molecular flexibility index (Phi) is 3.73. The van der Waals surface area contributed by atoms with E-state index in [2.05, 4.69) is 9.72 Å². The number of alkyl halides is 2. The first-order chi connectivity index (χ1) is 10.8. The summed E-state index contributed by atoms with van der Waals surface area (Å²) < 4.78 is 31.2. The molecule has 1 aromatic heterocycles. The first kappa shape index (κ1) is 15.4. The van der Waals surface area contributed by atoms with E-state index >= 15 is 0 Å². The predicted molar refractivity (Wildman–Crippen MR) is 83.0 cm³/mol. The van der Waals surface area contributed by atoms with Gasteiger partial charge in [0.25, 0.3) is 0 Å². The molecule has 118 valence electrons. The third kappa shape index (κ3) is 3.14. The fourth-order valence-corrected chi connectivity index (χ4v) is 3.08. The molecule has 0 saturated carbocycles. The molecule has 0 aliphatic rings. The van der Waals surface area contributed by atoms with Gasteiger partial charge in [0.05, 0.1) is 10.2 Å². The third-order valence-corrected chi connectivity index (χ3v) is 4.21. The molecule has 1 heterocycles. The highest BCUT2D eigenvalue weighted by Crippen LogP contribution is 2.32. The van der Waals surface area contributed by atoms with Crippen LogP contribution in [-0.4, -0.2) is 22.2 Å². The molecule has 0 amide bonds. The first-order valence-corrected chi connectivity index (χ1v) is 7.45. The molecule has 0 bridgehead atoms. The van der Waals surface area contributed by atoms with Crippen molar-refractivity contribution in [3.05, 3.63) is 48.0 Å². The molecule has 0 unspecified atom stereocenters. The second-order valence-electron chi connectivity index (χ2n) is 4.94. The Morgan fingerprint density at radius 2 is 1.91 bits per heavy atom. The zero-order valence-electron chi connectivity index (χ0n) is 11.9. The number of hydrogen-bond acceptors (Lipinski definition) is 4. The Hall–Kier alpha value is -2.54. The maximum absolute atomic E-state index is 13.0. The van der Waals surface area contributed by atoms with Gasteiger partial charge < -0.3 is 9.84 Å². The van der Waals surface area contributed by atoms with E-state index in [1.807, 2.05) is 25.1 Å². The van der Waals surface area contributed by atoms with Crippen molar-refractivity contribution in [1.29, 1.82) is 0 Å². The standard InChI is InChI=1S/C16H11F2NO3S/c1-9-2-7-12-13(8-9)23-14(19-12)10-3-5-11(6-4-10)22-16(17,18)15(20)21/h2-8H,1H3,(H,20,21). The maximum atomic E-state index is 13.0. The Bertz CT molecular complexity index is 875. The molecule has 7 heteroatoms. The topological polar surface area (TPSA) is 59.4 Å². The number of halogens is 2. The molecule has 3 aromatic rings. The highest BCUT2D eigenvalue weighted by Gasteiger charge is 2.42. The second-order valence-corrected chi connectivity index (χ2v) is 5.97. The Morgan fingerprint density at radius 1 is 1.22 bits per heavy atom. The van der Waals surface area contributed by atoms with Crippen LogP contribution in [-0.2, 0) is 4.79 Å². The molecule has 0 aliphatic carbocycles. The lowest BCUT2D eigenvalue weighted by atomic mass is 10.2. The molecule has 0 atom stereocenters. The van der Waals surface area contributed by atoms with Crippen molar-refractivity contribution in [1.82, 2.24) is 4.98 Å². The highest BCUT2D eigenvalue weighted by molar-refractivity contribution is 7.21. The number of benzene rings is 2. The van der Waals surface area contributed by atoms with Gasteiger partial charge in [0.2, 0.25) is 0 Å². The number of ether oxygens (including phenoxy) is 1. The van der Waals surface area contributed by atoms with Gasteiger partial charge in [-0.2, -0.15) is 8.78 Å². The minimum Gasteiger partial charge on any atom is -0.474 e. The van der Waals surface area contributed by atoms with Gasteiger partial charge in [0, 0.05) is 5.56 Å². The van der Waals surface area contributed by atoms with Gasteiger partial charge in [0.15, 0.2) is 0 Å². The van der Waals surface area contributed by atoms with Crippen molar-refractivity contribution in [3.63, 3.8) is 0 Å². The SMILES string of the molecule is Cc1ccc2nc(-c3ccc(OC(F)(F)C(=O)O)cc3)sc2c1. The predicted octanol–water partition coefficient (Wildman–Crippen LogP) is 4.33. The molecule has 0 aliphatic heterocycles. The number of fused-ring (bicyclic) bond motifs is 1.